The predicted octanol–water partition coefficient (Wildman–Crippen LogP) is 1.10. The highest BCUT2D eigenvalue weighted by atomic mass is 16.5. The molecule has 2 heterocycles. The number of ether oxygens (including phenoxy) is 1. The molecule has 2 saturated heterocycles. The monoisotopic (exact) mass is 303 g/mol. The first kappa shape index (κ1) is 14.8. The van der Waals surface area contributed by atoms with Crippen molar-refractivity contribution in [1.29, 1.82) is 0 Å². The molecule has 0 bridgehead atoms. The van der Waals surface area contributed by atoms with Crippen molar-refractivity contribution in [3.05, 3.63) is 29.8 Å². The van der Waals surface area contributed by atoms with Gasteiger partial charge in [0.2, 0.25) is 5.91 Å². The highest BCUT2D eigenvalue weighted by Crippen LogP contribution is 2.20. The molecule has 22 heavy (non-hydrogen) atoms. The van der Waals surface area contributed by atoms with Crippen molar-refractivity contribution in [3.63, 3.8) is 0 Å². The highest BCUT2D eigenvalue weighted by Gasteiger charge is 2.32. The summed E-state index contributed by atoms with van der Waals surface area (Å²) in [6, 6.07) is 7.78. The Balaban J connectivity index is 1.61. The first-order valence-corrected chi connectivity index (χ1v) is 7.64. The molecule has 6 heteroatoms. The van der Waals surface area contributed by atoms with Crippen LogP contribution in [0.2, 0.25) is 0 Å². The lowest BCUT2D eigenvalue weighted by Crippen LogP contribution is -2.46. The Labute approximate surface area is 130 Å². The van der Waals surface area contributed by atoms with Crippen molar-refractivity contribution in [2.45, 2.75) is 6.92 Å². The van der Waals surface area contributed by atoms with Crippen LogP contribution in [0.15, 0.2) is 24.3 Å². The van der Waals surface area contributed by atoms with Gasteiger partial charge in [-0.25, -0.2) is 4.79 Å². The topological polar surface area (TPSA) is 53.1 Å². The van der Waals surface area contributed by atoms with Crippen molar-refractivity contribution in [3.8, 4) is 0 Å². The van der Waals surface area contributed by atoms with E-state index >= 15 is 0 Å². The minimum absolute atomic E-state index is 0.00223. The summed E-state index contributed by atoms with van der Waals surface area (Å²) in [5.41, 5.74) is 2.05. The molecule has 0 saturated carbocycles. The second-order valence-electron chi connectivity index (χ2n) is 5.68. The summed E-state index contributed by atoms with van der Waals surface area (Å²) >= 11 is 0. The van der Waals surface area contributed by atoms with E-state index in [4.69, 9.17) is 4.74 Å². The van der Waals surface area contributed by atoms with Crippen molar-refractivity contribution in [2.24, 2.45) is 0 Å². The zero-order valence-electron chi connectivity index (χ0n) is 12.8. The van der Waals surface area contributed by atoms with Crippen LogP contribution in [0, 0.1) is 6.92 Å². The molecular weight excluding hydrogens is 282 g/mol. The van der Waals surface area contributed by atoms with E-state index < -0.39 is 0 Å². The Hall–Kier alpha value is -2.08. The molecule has 2 aliphatic rings. The Morgan fingerprint density at radius 3 is 2.45 bits per heavy atom. The number of carbonyl (C=O) groups excluding carboxylic acids is 2. The van der Waals surface area contributed by atoms with Gasteiger partial charge < -0.3 is 14.5 Å². The fraction of sp³-hybridized carbons (Fsp3) is 0.500. The van der Waals surface area contributed by atoms with Crippen molar-refractivity contribution in [2.75, 3.05) is 50.8 Å². The Morgan fingerprint density at radius 1 is 1.09 bits per heavy atom. The number of aryl methyl sites for hydroxylation is 1. The summed E-state index contributed by atoms with van der Waals surface area (Å²) in [5, 5.41) is 0. The van der Waals surface area contributed by atoms with Gasteiger partial charge in [0, 0.05) is 31.9 Å². The van der Waals surface area contributed by atoms with Crippen molar-refractivity contribution in [1.82, 2.24) is 9.80 Å². The molecule has 6 nitrogen and oxygen atoms in total. The van der Waals surface area contributed by atoms with Crippen LogP contribution in [0.1, 0.15) is 5.56 Å². The van der Waals surface area contributed by atoms with Crippen LogP contribution in [0.25, 0.3) is 0 Å². The average Bonchev–Trinajstić information content (AvgIpc) is 2.90. The number of anilines is 1. The number of rotatable bonds is 3. The third-order valence-electron chi connectivity index (χ3n) is 4.13. The van der Waals surface area contributed by atoms with Gasteiger partial charge in [0.05, 0.1) is 13.2 Å². The molecule has 1 aromatic rings. The lowest BCUT2D eigenvalue weighted by molar-refractivity contribution is -0.135. The van der Waals surface area contributed by atoms with Crippen LogP contribution in [-0.4, -0.2) is 67.7 Å². The Morgan fingerprint density at radius 2 is 1.77 bits per heavy atom. The first-order valence-electron chi connectivity index (χ1n) is 7.64. The molecule has 0 radical (unpaired) electrons. The smallest absolute Gasteiger partial charge is 0.325 e. The summed E-state index contributed by atoms with van der Waals surface area (Å²) in [7, 11) is 0. The third-order valence-corrected chi connectivity index (χ3v) is 4.13. The van der Waals surface area contributed by atoms with E-state index in [0.29, 0.717) is 39.4 Å². The predicted molar refractivity (Wildman–Crippen MR) is 82.9 cm³/mol. The summed E-state index contributed by atoms with van der Waals surface area (Å²) in [6.07, 6.45) is 0. The van der Waals surface area contributed by atoms with Gasteiger partial charge in [-0.1, -0.05) is 17.7 Å². The van der Waals surface area contributed by atoms with E-state index in [9.17, 15) is 9.59 Å². The molecular formula is C16H21N3O3. The Bertz CT molecular complexity index is 552. The van der Waals surface area contributed by atoms with E-state index in [1.165, 1.54) is 0 Å². The van der Waals surface area contributed by atoms with E-state index in [0.717, 1.165) is 11.3 Å². The van der Waals surface area contributed by atoms with Crippen LogP contribution in [-0.2, 0) is 9.53 Å². The first-order chi connectivity index (χ1) is 10.6. The quantitative estimate of drug-likeness (QED) is 0.840. The molecule has 0 N–H and O–H groups in total. The molecule has 118 valence electrons. The molecule has 0 aromatic heterocycles. The normalized spacial score (nSPS) is 19.0. The van der Waals surface area contributed by atoms with Gasteiger partial charge in [-0.2, -0.15) is 0 Å². The van der Waals surface area contributed by atoms with Crippen LogP contribution >= 0.6 is 0 Å². The Kier molecular flexibility index (Phi) is 4.29. The van der Waals surface area contributed by atoms with Gasteiger partial charge in [0.25, 0.3) is 0 Å². The number of morpholine rings is 1. The molecule has 0 unspecified atom stereocenters. The van der Waals surface area contributed by atoms with Gasteiger partial charge in [-0.3, -0.25) is 9.69 Å². The highest BCUT2D eigenvalue weighted by molar-refractivity contribution is 5.96. The standard InChI is InChI=1S/C16H21N3O3/c1-13-2-4-14(5-3-13)19-7-6-18(16(19)21)12-15(20)17-8-10-22-11-9-17/h2-5H,6-12H2,1H3. The third kappa shape index (κ3) is 3.06. The zero-order valence-corrected chi connectivity index (χ0v) is 12.8. The summed E-state index contributed by atoms with van der Waals surface area (Å²) < 4.78 is 5.24. The zero-order chi connectivity index (χ0) is 15.5. The molecule has 0 atom stereocenters. The van der Waals surface area contributed by atoms with Gasteiger partial charge in [0.1, 0.15) is 6.54 Å². The molecule has 2 fully saturated rings. The lowest BCUT2D eigenvalue weighted by Gasteiger charge is -2.28. The number of amides is 3. The van der Waals surface area contributed by atoms with E-state index in [1.807, 2.05) is 31.2 Å². The van der Waals surface area contributed by atoms with Crippen LogP contribution in [0.3, 0.4) is 0 Å². The molecule has 3 amide bonds. The number of benzene rings is 1. The van der Waals surface area contributed by atoms with E-state index in [2.05, 4.69) is 0 Å². The van der Waals surface area contributed by atoms with Gasteiger partial charge in [-0.15, -0.1) is 0 Å². The van der Waals surface area contributed by atoms with Crippen molar-refractivity contribution >= 4 is 17.6 Å². The molecule has 0 aliphatic carbocycles. The number of hydrogen-bond acceptors (Lipinski definition) is 3. The van der Waals surface area contributed by atoms with Crippen molar-refractivity contribution < 1.29 is 14.3 Å². The van der Waals surface area contributed by atoms with Gasteiger partial charge in [0.15, 0.2) is 0 Å². The summed E-state index contributed by atoms with van der Waals surface area (Å²) in [4.78, 5) is 29.8. The molecule has 2 aliphatic heterocycles. The fourth-order valence-corrected chi connectivity index (χ4v) is 2.77. The molecule has 0 spiro atoms. The number of carbonyl (C=O) groups is 2. The van der Waals surface area contributed by atoms with E-state index in [-0.39, 0.29) is 18.5 Å². The largest absolute Gasteiger partial charge is 0.378 e. The van der Waals surface area contributed by atoms with E-state index in [1.54, 1.807) is 14.7 Å². The SMILES string of the molecule is Cc1ccc(N2CCN(CC(=O)N3CCOCC3)C2=O)cc1. The average molecular weight is 303 g/mol. The van der Waals surface area contributed by atoms with Crippen LogP contribution in [0.5, 0.6) is 0 Å². The lowest BCUT2D eigenvalue weighted by atomic mass is 10.2. The van der Waals surface area contributed by atoms with Crippen LogP contribution < -0.4 is 4.90 Å². The minimum Gasteiger partial charge on any atom is -0.378 e. The molecule has 1 aromatic carbocycles. The number of nitrogens with zero attached hydrogens (tertiary/aromatic N) is 3. The maximum atomic E-state index is 12.5. The van der Waals surface area contributed by atoms with Gasteiger partial charge in [-0.05, 0) is 19.1 Å². The summed E-state index contributed by atoms with van der Waals surface area (Å²) in [5.74, 6) is 0.00223. The minimum atomic E-state index is -0.0922. The van der Waals surface area contributed by atoms with Crippen LogP contribution in [0.4, 0.5) is 10.5 Å². The second-order valence-corrected chi connectivity index (χ2v) is 5.68. The maximum Gasteiger partial charge on any atom is 0.325 e. The molecule has 3 rings (SSSR count). The number of hydrogen-bond donors (Lipinski definition) is 0. The summed E-state index contributed by atoms with van der Waals surface area (Å²) in [6.45, 7) is 5.76. The van der Waals surface area contributed by atoms with Gasteiger partial charge >= 0.3 is 6.03 Å². The fourth-order valence-electron chi connectivity index (χ4n) is 2.77. The maximum absolute atomic E-state index is 12.5. The number of urea groups is 1. The second kappa shape index (κ2) is 6.36.